The molecule has 0 fully saturated rings. The molecule has 8 nitrogen and oxygen atoms in total. The number of hydrogen-bond acceptors (Lipinski definition) is 7. The van der Waals surface area contributed by atoms with E-state index in [9.17, 15) is 8.96 Å². The third-order valence-corrected chi connectivity index (χ3v) is 4.89. The summed E-state index contributed by atoms with van der Waals surface area (Å²) >= 11 is 5.91. The van der Waals surface area contributed by atoms with Crippen LogP contribution in [0.2, 0.25) is 0 Å². The Hall–Kier alpha value is -2.22. The second-order valence-electron chi connectivity index (χ2n) is 5.57. The first-order valence-corrected chi connectivity index (χ1v) is 10.3. The summed E-state index contributed by atoms with van der Waals surface area (Å²) in [7, 11) is 0. The van der Waals surface area contributed by atoms with Crippen molar-refractivity contribution in [1.29, 1.82) is 0 Å². The molecule has 3 aromatic rings. The number of nitrogens with two attached hydrogens (primary N) is 1. The van der Waals surface area contributed by atoms with Gasteiger partial charge in [0, 0.05) is 0 Å². The largest absolute Gasteiger partial charge is 0.431 e. The number of nitrogens with zero attached hydrogens (tertiary/aromatic N) is 4. The van der Waals surface area contributed by atoms with E-state index in [4.69, 9.17) is 26.2 Å². The number of rotatable bonds is 7. The summed E-state index contributed by atoms with van der Waals surface area (Å²) in [5, 5.41) is 0. The third kappa shape index (κ3) is 4.49. The van der Waals surface area contributed by atoms with Crippen LogP contribution in [-0.2, 0) is 15.8 Å². The van der Waals surface area contributed by atoms with Crippen LogP contribution in [0.5, 0.6) is 5.75 Å². The van der Waals surface area contributed by atoms with Gasteiger partial charge in [-0.05, 0) is 42.4 Å². The Bertz CT molecular complexity index is 952. The van der Waals surface area contributed by atoms with Crippen LogP contribution in [0.4, 0.5) is 10.2 Å². The quantitative estimate of drug-likeness (QED) is 0.607. The lowest BCUT2D eigenvalue weighted by Crippen LogP contribution is -2.17. The third-order valence-electron chi connectivity index (χ3n) is 3.45. The van der Waals surface area contributed by atoms with Crippen LogP contribution in [0.25, 0.3) is 11.2 Å². The zero-order chi connectivity index (χ0) is 18.7. The van der Waals surface area contributed by atoms with Gasteiger partial charge in [0.05, 0.1) is 19.0 Å². The van der Waals surface area contributed by atoms with Crippen molar-refractivity contribution in [1.82, 2.24) is 19.5 Å². The molecule has 0 saturated carbocycles. The van der Waals surface area contributed by atoms with Crippen LogP contribution in [0.1, 0.15) is 6.92 Å². The van der Waals surface area contributed by atoms with E-state index in [0.717, 1.165) is 0 Å². The van der Waals surface area contributed by atoms with Crippen molar-refractivity contribution in [2.75, 3.05) is 12.1 Å². The molecule has 0 aliphatic heterocycles. The van der Waals surface area contributed by atoms with E-state index in [0.29, 0.717) is 23.5 Å². The van der Waals surface area contributed by atoms with Gasteiger partial charge in [-0.2, -0.15) is 0 Å². The Labute approximate surface area is 153 Å². The minimum Gasteiger partial charge on any atom is -0.431 e. The fraction of sp³-hybridized carbons (Fsp3) is 0.267. The first kappa shape index (κ1) is 18.6. The summed E-state index contributed by atoms with van der Waals surface area (Å²) in [5.74, 6) is 0.0673. The van der Waals surface area contributed by atoms with Crippen LogP contribution in [0.15, 0.2) is 36.9 Å². The molecule has 1 unspecified atom stereocenters. The van der Waals surface area contributed by atoms with Crippen LogP contribution in [0, 0.1) is 5.82 Å². The summed E-state index contributed by atoms with van der Waals surface area (Å²) in [6.45, 7) is -1.40. The highest BCUT2D eigenvalue weighted by Gasteiger charge is 2.23. The van der Waals surface area contributed by atoms with Gasteiger partial charge >= 0.3 is 6.72 Å². The highest BCUT2D eigenvalue weighted by Crippen LogP contribution is 2.52. The van der Waals surface area contributed by atoms with Gasteiger partial charge in [0.15, 0.2) is 11.5 Å². The first-order chi connectivity index (χ1) is 12.3. The molecule has 0 aliphatic rings. The maximum Gasteiger partial charge on any atom is 0.361 e. The van der Waals surface area contributed by atoms with E-state index in [1.165, 1.54) is 30.6 Å². The lowest BCUT2D eigenvalue weighted by Gasteiger charge is -2.17. The second-order valence-corrected chi connectivity index (χ2v) is 8.74. The van der Waals surface area contributed by atoms with Crippen molar-refractivity contribution in [3.63, 3.8) is 0 Å². The molecule has 0 aliphatic carbocycles. The maximum absolute atomic E-state index is 12.9. The van der Waals surface area contributed by atoms with E-state index >= 15 is 0 Å². The molecule has 2 heterocycles. The van der Waals surface area contributed by atoms with Crippen LogP contribution in [-0.4, -0.2) is 32.0 Å². The number of imidazole rings is 1. The van der Waals surface area contributed by atoms with Crippen molar-refractivity contribution >= 4 is 34.9 Å². The molecule has 0 radical (unpaired) electrons. The summed E-state index contributed by atoms with van der Waals surface area (Å²) in [4.78, 5) is 12.2. The van der Waals surface area contributed by atoms with Gasteiger partial charge in [-0.25, -0.2) is 19.3 Å². The van der Waals surface area contributed by atoms with Gasteiger partial charge < -0.3 is 19.6 Å². The number of fused-ring (bicyclic) bond motifs is 1. The fourth-order valence-electron chi connectivity index (χ4n) is 2.26. The van der Waals surface area contributed by atoms with Crippen LogP contribution >= 0.6 is 18.0 Å². The predicted molar refractivity (Wildman–Crippen MR) is 95.6 cm³/mol. The lowest BCUT2D eigenvalue weighted by molar-refractivity contribution is 0.0844. The SMILES string of the molecule is C[C@H](Cn1cnc2c(N)ncnc21)OCP(=O)(Cl)Oc1ccc(F)cc1. The number of aromatic nitrogens is 4. The Morgan fingerprint density at radius 1 is 1.31 bits per heavy atom. The molecule has 2 atom stereocenters. The summed E-state index contributed by atoms with van der Waals surface area (Å²) < 4.78 is 37.7. The van der Waals surface area contributed by atoms with Crippen molar-refractivity contribution in [2.24, 2.45) is 0 Å². The fourth-order valence-corrected chi connectivity index (χ4v) is 3.59. The van der Waals surface area contributed by atoms with Gasteiger partial charge in [-0.1, -0.05) is 0 Å². The zero-order valence-corrected chi connectivity index (χ0v) is 15.4. The Morgan fingerprint density at radius 3 is 2.77 bits per heavy atom. The molecular weight excluding hydrogens is 384 g/mol. The molecule has 3 rings (SSSR count). The first-order valence-electron chi connectivity index (χ1n) is 7.61. The van der Waals surface area contributed by atoms with Crippen molar-refractivity contribution in [2.45, 2.75) is 19.6 Å². The second kappa shape index (κ2) is 7.57. The highest BCUT2D eigenvalue weighted by atomic mass is 35.7. The molecule has 0 spiro atoms. The maximum atomic E-state index is 12.9. The lowest BCUT2D eigenvalue weighted by atomic mass is 10.3. The number of nitrogen functional groups attached to an aromatic ring is 1. The highest BCUT2D eigenvalue weighted by molar-refractivity contribution is 7.85. The van der Waals surface area contributed by atoms with E-state index in [-0.39, 0.29) is 18.2 Å². The summed E-state index contributed by atoms with van der Waals surface area (Å²) in [6, 6.07) is 5.06. The van der Waals surface area contributed by atoms with Crippen molar-refractivity contribution < 1.29 is 18.2 Å². The number of anilines is 1. The molecule has 1 aromatic carbocycles. The molecule has 26 heavy (non-hydrogen) atoms. The van der Waals surface area contributed by atoms with Crippen LogP contribution < -0.4 is 10.3 Å². The minimum absolute atomic E-state index is 0.203. The average Bonchev–Trinajstić information content (AvgIpc) is 3.00. The van der Waals surface area contributed by atoms with E-state index in [2.05, 4.69) is 15.0 Å². The molecule has 11 heteroatoms. The Kier molecular flexibility index (Phi) is 5.41. The molecule has 0 saturated heterocycles. The molecule has 138 valence electrons. The average molecular weight is 400 g/mol. The summed E-state index contributed by atoms with van der Waals surface area (Å²) in [5.41, 5.74) is 6.82. The predicted octanol–water partition coefficient (Wildman–Crippen LogP) is 3.42. The number of halogens is 2. The van der Waals surface area contributed by atoms with Gasteiger partial charge in [0.25, 0.3) is 0 Å². The molecule has 0 bridgehead atoms. The Morgan fingerprint density at radius 2 is 2.04 bits per heavy atom. The monoisotopic (exact) mass is 399 g/mol. The Balaban J connectivity index is 1.59. The standard InChI is InChI=1S/C15H16ClFN5O3P/c1-10(6-22-8-21-13-14(18)19-7-20-15(13)22)24-9-26(16,23)25-12-4-2-11(17)3-5-12/h2-5,7-8,10H,6,9H2,1H3,(H2,18,19,20)/t10-,26?/m1/s1. The number of benzene rings is 1. The van der Waals surface area contributed by atoms with Crippen LogP contribution in [0.3, 0.4) is 0 Å². The molecule has 2 aromatic heterocycles. The zero-order valence-electron chi connectivity index (χ0n) is 13.7. The normalized spacial score (nSPS) is 14.9. The van der Waals surface area contributed by atoms with Crippen molar-refractivity contribution in [3.8, 4) is 5.75 Å². The molecule has 2 N–H and O–H groups in total. The molecular formula is C15H16ClFN5O3P. The smallest absolute Gasteiger partial charge is 0.361 e. The van der Waals surface area contributed by atoms with Gasteiger partial charge in [0.1, 0.15) is 29.8 Å². The summed E-state index contributed by atoms with van der Waals surface area (Å²) in [6.07, 6.45) is 2.26. The van der Waals surface area contributed by atoms with Gasteiger partial charge in [0.2, 0.25) is 0 Å². The van der Waals surface area contributed by atoms with Gasteiger partial charge in [-0.15, -0.1) is 0 Å². The minimum atomic E-state index is -3.57. The van der Waals surface area contributed by atoms with Gasteiger partial charge in [-0.3, -0.25) is 4.57 Å². The molecule has 0 amide bonds. The topological polar surface area (TPSA) is 105 Å². The van der Waals surface area contributed by atoms with Crippen molar-refractivity contribution in [3.05, 3.63) is 42.7 Å². The van der Waals surface area contributed by atoms with E-state index < -0.39 is 12.5 Å². The number of ether oxygens (including phenoxy) is 1. The van der Waals surface area contributed by atoms with E-state index in [1.54, 1.807) is 17.8 Å². The van der Waals surface area contributed by atoms with E-state index in [1.807, 2.05) is 0 Å². The number of hydrogen-bond donors (Lipinski definition) is 1.